The number of hydrogen-bond donors (Lipinski definition) is 1. The van der Waals surface area contributed by atoms with Crippen molar-refractivity contribution < 1.29 is 17.0 Å². The van der Waals surface area contributed by atoms with E-state index in [1.54, 1.807) is 0 Å². The van der Waals surface area contributed by atoms with Gasteiger partial charge in [0.2, 0.25) is 5.56 Å². The molecule has 1 heterocycles. The van der Waals surface area contributed by atoms with Gasteiger partial charge in [-0.15, -0.1) is 3.89 Å². The maximum Gasteiger partial charge on any atom is 0.344 e. The van der Waals surface area contributed by atoms with E-state index in [0.29, 0.717) is 6.54 Å². The van der Waals surface area contributed by atoms with E-state index in [2.05, 4.69) is 10.1 Å². The molecule has 0 aliphatic carbocycles. The van der Waals surface area contributed by atoms with E-state index in [-0.39, 0.29) is 6.61 Å². The smallest absolute Gasteiger partial charge is 0.344 e. The molecule has 0 aromatic heterocycles. The standard InChI is InChI=1S/C3H6FNO3S/c4-9(6,7)3-5-1-2-8-3/h3,5H,1-2H2. The molecule has 9 heavy (non-hydrogen) atoms. The van der Waals surface area contributed by atoms with E-state index < -0.39 is 15.8 Å². The molecule has 0 aromatic carbocycles. The summed E-state index contributed by atoms with van der Waals surface area (Å²) in [4.78, 5) is 0. The Kier molecular flexibility index (Phi) is 1.69. The highest BCUT2D eigenvalue weighted by atomic mass is 32.3. The monoisotopic (exact) mass is 155 g/mol. The Morgan fingerprint density at radius 1 is 1.67 bits per heavy atom. The maximum atomic E-state index is 11.9. The van der Waals surface area contributed by atoms with E-state index >= 15 is 0 Å². The van der Waals surface area contributed by atoms with Crippen LogP contribution in [0, 0.1) is 0 Å². The zero-order chi connectivity index (χ0) is 6.91. The van der Waals surface area contributed by atoms with E-state index in [4.69, 9.17) is 0 Å². The molecule has 0 saturated carbocycles. The molecule has 1 fully saturated rings. The molecule has 1 aliphatic rings. The SMILES string of the molecule is O=S(=O)(F)C1NCCO1. The highest BCUT2D eigenvalue weighted by molar-refractivity contribution is 7.86. The second kappa shape index (κ2) is 2.20. The Balaban J connectivity index is 2.63. The van der Waals surface area contributed by atoms with Crippen molar-refractivity contribution in [2.45, 2.75) is 5.56 Å². The van der Waals surface area contributed by atoms with E-state index in [9.17, 15) is 12.3 Å². The zero-order valence-corrected chi connectivity index (χ0v) is 5.32. The minimum atomic E-state index is -4.54. The summed E-state index contributed by atoms with van der Waals surface area (Å²) < 4.78 is 36.3. The van der Waals surface area contributed by atoms with Crippen LogP contribution in [0.5, 0.6) is 0 Å². The first kappa shape index (κ1) is 6.91. The maximum absolute atomic E-state index is 11.9. The molecule has 0 amide bonds. The van der Waals surface area contributed by atoms with Crippen LogP contribution in [0.15, 0.2) is 0 Å². The van der Waals surface area contributed by atoms with Crippen molar-refractivity contribution in [3.63, 3.8) is 0 Å². The summed E-state index contributed by atoms with van der Waals surface area (Å²) in [6.07, 6.45) is 0. The molecule has 54 valence electrons. The van der Waals surface area contributed by atoms with E-state index in [1.165, 1.54) is 0 Å². The van der Waals surface area contributed by atoms with Crippen molar-refractivity contribution in [2.24, 2.45) is 0 Å². The molecule has 1 rings (SSSR count). The molecule has 1 unspecified atom stereocenters. The van der Waals surface area contributed by atoms with E-state index in [1.807, 2.05) is 0 Å². The lowest BCUT2D eigenvalue weighted by Gasteiger charge is -2.00. The Bertz CT molecular complexity index is 183. The van der Waals surface area contributed by atoms with Crippen LogP contribution in [0.25, 0.3) is 0 Å². The minimum Gasteiger partial charge on any atom is -0.346 e. The van der Waals surface area contributed by atoms with Gasteiger partial charge in [0.05, 0.1) is 6.61 Å². The average Bonchev–Trinajstić information content (AvgIpc) is 2.08. The summed E-state index contributed by atoms with van der Waals surface area (Å²) in [5.41, 5.74) is -1.43. The van der Waals surface area contributed by atoms with Gasteiger partial charge in [-0.25, -0.2) is 0 Å². The third-order valence-electron chi connectivity index (χ3n) is 0.938. The Morgan fingerprint density at radius 2 is 2.33 bits per heavy atom. The Morgan fingerprint density at radius 3 is 2.56 bits per heavy atom. The third-order valence-corrected chi connectivity index (χ3v) is 1.75. The molecule has 0 radical (unpaired) electrons. The normalized spacial score (nSPS) is 28.8. The van der Waals surface area contributed by atoms with Crippen molar-refractivity contribution in [2.75, 3.05) is 13.2 Å². The summed E-state index contributed by atoms with van der Waals surface area (Å²) in [7, 11) is -4.54. The van der Waals surface area contributed by atoms with Gasteiger partial charge in [0.1, 0.15) is 0 Å². The van der Waals surface area contributed by atoms with Crippen molar-refractivity contribution in [1.82, 2.24) is 5.32 Å². The summed E-state index contributed by atoms with van der Waals surface area (Å²) in [5, 5.41) is 2.31. The summed E-state index contributed by atoms with van der Waals surface area (Å²) in [6, 6.07) is 0. The molecule has 1 aliphatic heterocycles. The summed E-state index contributed by atoms with van der Waals surface area (Å²) >= 11 is 0. The summed E-state index contributed by atoms with van der Waals surface area (Å²) in [6.45, 7) is 0.627. The topological polar surface area (TPSA) is 55.4 Å². The molecule has 0 spiro atoms. The fourth-order valence-corrected chi connectivity index (χ4v) is 1.16. The average molecular weight is 155 g/mol. The first-order chi connectivity index (χ1) is 4.11. The van der Waals surface area contributed by atoms with Gasteiger partial charge in [-0.2, -0.15) is 8.42 Å². The van der Waals surface area contributed by atoms with Crippen LogP contribution in [-0.2, 0) is 15.0 Å². The summed E-state index contributed by atoms with van der Waals surface area (Å²) in [5.74, 6) is 0. The molecule has 4 nitrogen and oxygen atoms in total. The second-order valence-corrected chi connectivity index (χ2v) is 3.01. The van der Waals surface area contributed by atoms with Crippen molar-refractivity contribution in [3.05, 3.63) is 0 Å². The number of nitrogens with one attached hydrogen (secondary N) is 1. The van der Waals surface area contributed by atoms with Gasteiger partial charge in [0, 0.05) is 6.54 Å². The molecular formula is C3H6FNO3S. The van der Waals surface area contributed by atoms with Crippen LogP contribution in [-0.4, -0.2) is 27.1 Å². The fraction of sp³-hybridized carbons (Fsp3) is 1.00. The van der Waals surface area contributed by atoms with Crippen LogP contribution in [0.4, 0.5) is 3.89 Å². The molecule has 1 atom stereocenters. The molecule has 1 N–H and O–H groups in total. The number of ether oxygens (including phenoxy) is 1. The highest BCUT2D eigenvalue weighted by Gasteiger charge is 2.28. The number of rotatable bonds is 1. The van der Waals surface area contributed by atoms with Crippen LogP contribution in [0.1, 0.15) is 0 Å². The molecule has 0 aromatic rings. The number of hydrogen-bond acceptors (Lipinski definition) is 4. The lowest BCUT2D eigenvalue weighted by molar-refractivity contribution is 0.155. The van der Waals surface area contributed by atoms with Crippen molar-refractivity contribution in [3.8, 4) is 0 Å². The van der Waals surface area contributed by atoms with Crippen LogP contribution in [0.3, 0.4) is 0 Å². The minimum absolute atomic E-state index is 0.244. The number of halogens is 1. The lowest BCUT2D eigenvalue weighted by Crippen LogP contribution is -2.28. The van der Waals surface area contributed by atoms with Gasteiger partial charge >= 0.3 is 10.2 Å². The molecular weight excluding hydrogens is 149 g/mol. The van der Waals surface area contributed by atoms with Gasteiger partial charge in [0.25, 0.3) is 0 Å². The lowest BCUT2D eigenvalue weighted by atomic mass is 10.7. The second-order valence-electron chi connectivity index (χ2n) is 1.63. The Labute approximate surface area is 52.2 Å². The van der Waals surface area contributed by atoms with Gasteiger partial charge in [0.15, 0.2) is 0 Å². The van der Waals surface area contributed by atoms with Crippen molar-refractivity contribution >= 4 is 10.2 Å². The van der Waals surface area contributed by atoms with Crippen LogP contribution >= 0.6 is 0 Å². The van der Waals surface area contributed by atoms with Gasteiger partial charge in [-0.3, -0.25) is 5.32 Å². The van der Waals surface area contributed by atoms with Crippen molar-refractivity contribution in [1.29, 1.82) is 0 Å². The largest absolute Gasteiger partial charge is 0.346 e. The quantitative estimate of drug-likeness (QED) is 0.503. The van der Waals surface area contributed by atoms with Crippen LogP contribution < -0.4 is 5.32 Å². The van der Waals surface area contributed by atoms with E-state index in [0.717, 1.165) is 0 Å². The van der Waals surface area contributed by atoms with Gasteiger partial charge < -0.3 is 4.74 Å². The fourth-order valence-electron chi connectivity index (χ4n) is 0.582. The zero-order valence-electron chi connectivity index (χ0n) is 4.50. The predicted octanol–water partition coefficient (Wildman–Crippen LogP) is -0.811. The molecule has 6 heteroatoms. The Hall–Kier alpha value is -0.200. The molecule has 1 saturated heterocycles. The molecule has 0 bridgehead atoms. The van der Waals surface area contributed by atoms with Gasteiger partial charge in [-0.05, 0) is 0 Å². The predicted molar refractivity (Wildman–Crippen MR) is 27.8 cm³/mol. The third kappa shape index (κ3) is 1.60. The first-order valence-corrected chi connectivity index (χ1v) is 3.84. The highest BCUT2D eigenvalue weighted by Crippen LogP contribution is 2.05. The first-order valence-electron chi connectivity index (χ1n) is 2.39. The van der Waals surface area contributed by atoms with Gasteiger partial charge in [-0.1, -0.05) is 0 Å². The van der Waals surface area contributed by atoms with Crippen LogP contribution in [0.2, 0.25) is 0 Å².